The van der Waals surface area contributed by atoms with E-state index in [2.05, 4.69) is 63.8 Å². The van der Waals surface area contributed by atoms with Gasteiger partial charge in [0.05, 0.1) is 5.75 Å². The zero-order chi connectivity index (χ0) is 19.3. The second kappa shape index (κ2) is 8.80. The van der Waals surface area contributed by atoms with E-state index in [1.165, 1.54) is 28.1 Å². The van der Waals surface area contributed by atoms with Crippen LogP contribution in [0.4, 0.5) is 0 Å². The van der Waals surface area contributed by atoms with E-state index >= 15 is 0 Å². The highest BCUT2D eigenvalue weighted by Gasteiger charge is 2.22. The van der Waals surface area contributed by atoms with Crippen molar-refractivity contribution in [1.82, 2.24) is 19.4 Å². The molecule has 1 aliphatic rings. The summed E-state index contributed by atoms with van der Waals surface area (Å²) >= 11 is 1.53. The largest absolute Gasteiger partial charge is 0.339 e. The molecule has 0 spiro atoms. The molecule has 1 amide bonds. The summed E-state index contributed by atoms with van der Waals surface area (Å²) in [4.78, 5) is 21.4. The molecule has 1 saturated heterocycles. The lowest BCUT2D eigenvalue weighted by Gasteiger charge is -2.35. The van der Waals surface area contributed by atoms with Crippen LogP contribution >= 0.6 is 11.8 Å². The van der Waals surface area contributed by atoms with Crippen LogP contribution < -0.4 is 0 Å². The van der Waals surface area contributed by atoms with Crippen molar-refractivity contribution < 1.29 is 4.79 Å². The van der Waals surface area contributed by atoms with Gasteiger partial charge in [-0.2, -0.15) is 0 Å². The Morgan fingerprint density at radius 1 is 1.07 bits per heavy atom. The maximum Gasteiger partial charge on any atom is 0.233 e. The Kier molecular flexibility index (Phi) is 5.98. The Morgan fingerprint density at radius 2 is 1.86 bits per heavy atom. The Bertz CT molecular complexity index is 941. The molecular weight excluding hydrogens is 368 g/mol. The van der Waals surface area contributed by atoms with Gasteiger partial charge in [0, 0.05) is 51.7 Å². The van der Waals surface area contributed by atoms with Crippen LogP contribution in [0.15, 0.2) is 60.0 Å². The topological polar surface area (TPSA) is 41.4 Å². The molecule has 28 heavy (non-hydrogen) atoms. The first-order valence-corrected chi connectivity index (χ1v) is 10.8. The molecule has 1 aliphatic heterocycles. The van der Waals surface area contributed by atoms with Gasteiger partial charge >= 0.3 is 0 Å². The van der Waals surface area contributed by atoms with Crippen molar-refractivity contribution in [2.24, 2.45) is 0 Å². The zero-order valence-corrected chi connectivity index (χ0v) is 17.1. The smallest absolute Gasteiger partial charge is 0.233 e. The number of carbonyl (C=O) groups is 1. The van der Waals surface area contributed by atoms with Gasteiger partial charge in [-0.1, -0.05) is 54.2 Å². The molecule has 2 heterocycles. The van der Waals surface area contributed by atoms with E-state index in [1.54, 1.807) is 6.20 Å². The number of hydrogen-bond acceptors (Lipinski definition) is 4. The van der Waals surface area contributed by atoms with Crippen LogP contribution in [0.2, 0.25) is 0 Å². The quantitative estimate of drug-likeness (QED) is 0.600. The lowest BCUT2D eigenvalue weighted by atomic mass is 10.0. The summed E-state index contributed by atoms with van der Waals surface area (Å²) < 4.78 is 2.07. The van der Waals surface area contributed by atoms with E-state index in [4.69, 9.17) is 0 Å². The second-order valence-corrected chi connectivity index (χ2v) is 8.02. The van der Waals surface area contributed by atoms with Gasteiger partial charge in [-0.25, -0.2) is 4.98 Å². The fourth-order valence-electron chi connectivity index (χ4n) is 3.72. The maximum atomic E-state index is 12.6. The highest BCUT2D eigenvalue weighted by atomic mass is 32.2. The second-order valence-electron chi connectivity index (χ2n) is 7.08. The molecule has 0 saturated carbocycles. The Labute approximate surface area is 170 Å². The van der Waals surface area contributed by atoms with E-state index in [0.29, 0.717) is 5.75 Å². The predicted octanol–water partition coefficient (Wildman–Crippen LogP) is 3.49. The van der Waals surface area contributed by atoms with Crippen LogP contribution in [0.1, 0.15) is 12.5 Å². The number of rotatable bonds is 6. The summed E-state index contributed by atoms with van der Waals surface area (Å²) in [6.07, 6.45) is 3.75. The van der Waals surface area contributed by atoms with Crippen LogP contribution in [0, 0.1) is 0 Å². The molecule has 1 aromatic heterocycles. The van der Waals surface area contributed by atoms with Crippen LogP contribution in [-0.2, 0) is 17.9 Å². The van der Waals surface area contributed by atoms with Gasteiger partial charge in [0.15, 0.2) is 5.16 Å². The molecule has 5 nitrogen and oxygen atoms in total. The van der Waals surface area contributed by atoms with Gasteiger partial charge in [0.2, 0.25) is 5.91 Å². The van der Waals surface area contributed by atoms with Gasteiger partial charge in [-0.15, -0.1) is 0 Å². The molecule has 0 radical (unpaired) electrons. The number of carbonyl (C=O) groups excluding carboxylic acids is 1. The summed E-state index contributed by atoms with van der Waals surface area (Å²) in [6, 6.07) is 15.1. The van der Waals surface area contributed by atoms with Gasteiger partial charge in [-0.05, 0) is 23.3 Å². The number of aryl methyl sites for hydroxylation is 1. The standard InChI is InChI=1S/C22H26N4OS/c1-2-25-11-10-23-22(25)28-17-21(27)26-14-12-24(13-15-26)16-19-8-5-7-18-6-3-4-9-20(18)19/h3-11H,2,12-17H2,1H3. The summed E-state index contributed by atoms with van der Waals surface area (Å²) in [5.74, 6) is 0.667. The highest BCUT2D eigenvalue weighted by Crippen LogP contribution is 2.21. The van der Waals surface area contributed by atoms with E-state index in [1.807, 2.05) is 11.1 Å². The van der Waals surface area contributed by atoms with Gasteiger partial charge in [0.1, 0.15) is 0 Å². The molecular formula is C22H26N4OS. The molecule has 0 bridgehead atoms. The van der Waals surface area contributed by atoms with E-state index < -0.39 is 0 Å². The van der Waals surface area contributed by atoms with Crippen molar-refractivity contribution in [1.29, 1.82) is 0 Å². The number of fused-ring (bicyclic) bond motifs is 1. The SMILES string of the molecule is CCn1ccnc1SCC(=O)N1CCN(Cc2cccc3ccccc23)CC1. The average Bonchev–Trinajstić information content (AvgIpc) is 3.20. The van der Waals surface area contributed by atoms with Crippen molar-refractivity contribution in [2.75, 3.05) is 31.9 Å². The van der Waals surface area contributed by atoms with Crippen molar-refractivity contribution in [3.05, 3.63) is 60.4 Å². The van der Waals surface area contributed by atoms with Crippen LogP contribution in [0.5, 0.6) is 0 Å². The normalized spacial score (nSPS) is 15.2. The average molecular weight is 395 g/mol. The first-order chi connectivity index (χ1) is 13.7. The third-order valence-electron chi connectivity index (χ3n) is 5.34. The van der Waals surface area contributed by atoms with Gasteiger partial charge < -0.3 is 9.47 Å². The third kappa shape index (κ3) is 4.23. The number of imidazole rings is 1. The summed E-state index contributed by atoms with van der Waals surface area (Å²) in [5.41, 5.74) is 1.36. The maximum absolute atomic E-state index is 12.6. The highest BCUT2D eigenvalue weighted by molar-refractivity contribution is 7.99. The number of hydrogen-bond donors (Lipinski definition) is 0. The van der Waals surface area contributed by atoms with Crippen molar-refractivity contribution in [3.63, 3.8) is 0 Å². The minimum atomic E-state index is 0.209. The number of benzene rings is 2. The molecule has 4 rings (SSSR count). The molecule has 1 fully saturated rings. The lowest BCUT2D eigenvalue weighted by Crippen LogP contribution is -2.48. The van der Waals surface area contributed by atoms with Crippen LogP contribution in [0.25, 0.3) is 10.8 Å². The number of nitrogens with zero attached hydrogens (tertiary/aromatic N) is 4. The lowest BCUT2D eigenvalue weighted by molar-refractivity contribution is -0.130. The first-order valence-electron chi connectivity index (χ1n) is 9.85. The number of thioether (sulfide) groups is 1. The Hall–Kier alpha value is -2.31. The van der Waals surface area contributed by atoms with Gasteiger partial charge in [-0.3, -0.25) is 9.69 Å². The monoisotopic (exact) mass is 394 g/mol. The molecule has 2 aromatic carbocycles. The number of amides is 1. The van der Waals surface area contributed by atoms with E-state index in [0.717, 1.165) is 44.4 Å². The number of piperazine rings is 1. The van der Waals surface area contributed by atoms with Crippen LogP contribution in [0.3, 0.4) is 0 Å². The molecule has 3 aromatic rings. The fourth-order valence-corrected chi connectivity index (χ4v) is 4.65. The summed E-state index contributed by atoms with van der Waals surface area (Å²) in [6.45, 7) is 7.34. The molecule has 0 aliphatic carbocycles. The number of aromatic nitrogens is 2. The van der Waals surface area contributed by atoms with Crippen molar-refractivity contribution in [2.45, 2.75) is 25.2 Å². The van der Waals surface area contributed by atoms with Crippen molar-refractivity contribution in [3.8, 4) is 0 Å². The first kappa shape index (κ1) is 19.0. The minimum absolute atomic E-state index is 0.209. The Morgan fingerprint density at radius 3 is 2.68 bits per heavy atom. The molecule has 6 heteroatoms. The van der Waals surface area contributed by atoms with E-state index in [9.17, 15) is 4.79 Å². The van der Waals surface area contributed by atoms with Crippen molar-refractivity contribution >= 4 is 28.4 Å². The van der Waals surface area contributed by atoms with Crippen LogP contribution in [-0.4, -0.2) is 57.2 Å². The van der Waals surface area contributed by atoms with Gasteiger partial charge in [0.25, 0.3) is 0 Å². The molecule has 0 atom stereocenters. The third-order valence-corrected chi connectivity index (χ3v) is 6.33. The Balaban J connectivity index is 1.30. The van der Waals surface area contributed by atoms with E-state index in [-0.39, 0.29) is 5.91 Å². The molecule has 146 valence electrons. The molecule has 0 unspecified atom stereocenters. The summed E-state index contributed by atoms with van der Waals surface area (Å²) in [7, 11) is 0. The zero-order valence-electron chi connectivity index (χ0n) is 16.3. The predicted molar refractivity (Wildman–Crippen MR) is 114 cm³/mol. The molecule has 0 N–H and O–H groups in total. The summed E-state index contributed by atoms with van der Waals surface area (Å²) in [5, 5.41) is 3.54. The fraction of sp³-hybridized carbons (Fsp3) is 0.364. The minimum Gasteiger partial charge on any atom is -0.339 e.